The number of benzene rings is 2. The van der Waals surface area contributed by atoms with Crippen LogP contribution in [-0.2, 0) is 11.8 Å². The first kappa shape index (κ1) is 19.9. The number of nitrogens with zero attached hydrogens (tertiary/aromatic N) is 3. The first-order valence-electron chi connectivity index (χ1n) is 9.05. The molecular formula is C21H24N4O2S. The number of aromatic nitrogens is 3. The first-order valence-corrected chi connectivity index (χ1v) is 9.93. The van der Waals surface area contributed by atoms with E-state index in [1.165, 1.54) is 11.8 Å². The molecule has 0 aliphatic carbocycles. The SMILES string of the molecule is COc1ccc(-c2nnc(SC(C)C(=O)NC(C)c3ccccc3)n2C)cc1. The molecule has 2 unspecified atom stereocenters. The van der Waals surface area contributed by atoms with Crippen molar-refractivity contribution >= 4 is 17.7 Å². The van der Waals surface area contributed by atoms with E-state index < -0.39 is 0 Å². The third-order valence-electron chi connectivity index (χ3n) is 4.49. The van der Waals surface area contributed by atoms with Crippen molar-refractivity contribution < 1.29 is 9.53 Å². The molecule has 0 fully saturated rings. The van der Waals surface area contributed by atoms with Crippen molar-refractivity contribution in [2.24, 2.45) is 7.05 Å². The number of hydrogen-bond acceptors (Lipinski definition) is 5. The lowest BCUT2D eigenvalue weighted by Gasteiger charge is -2.17. The van der Waals surface area contributed by atoms with Crippen molar-refractivity contribution in [3.05, 3.63) is 60.2 Å². The minimum Gasteiger partial charge on any atom is -0.497 e. The summed E-state index contributed by atoms with van der Waals surface area (Å²) in [6.07, 6.45) is 0. The average Bonchev–Trinajstić information content (AvgIpc) is 3.08. The Morgan fingerprint density at radius 2 is 1.75 bits per heavy atom. The summed E-state index contributed by atoms with van der Waals surface area (Å²) in [6.45, 7) is 3.86. The molecule has 3 rings (SSSR count). The molecular weight excluding hydrogens is 372 g/mol. The molecule has 0 spiro atoms. The predicted octanol–water partition coefficient (Wildman–Crippen LogP) is 3.85. The number of amides is 1. The molecule has 2 atom stereocenters. The van der Waals surface area contributed by atoms with Crippen LogP contribution in [0.25, 0.3) is 11.4 Å². The minimum absolute atomic E-state index is 0.0321. The fourth-order valence-electron chi connectivity index (χ4n) is 2.78. The Kier molecular flexibility index (Phi) is 6.36. The lowest BCUT2D eigenvalue weighted by atomic mass is 10.1. The molecule has 1 aromatic heterocycles. The number of carbonyl (C=O) groups is 1. The monoisotopic (exact) mass is 396 g/mol. The Morgan fingerprint density at radius 3 is 2.39 bits per heavy atom. The van der Waals surface area contributed by atoms with Crippen LogP contribution < -0.4 is 10.1 Å². The molecule has 0 saturated carbocycles. The van der Waals surface area contributed by atoms with Crippen LogP contribution in [0.2, 0.25) is 0 Å². The maximum atomic E-state index is 12.6. The van der Waals surface area contributed by atoms with Gasteiger partial charge in [-0.05, 0) is 43.7 Å². The Morgan fingerprint density at radius 1 is 1.07 bits per heavy atom. The fourth-order valence-corrected chi connectivity index (χ4v) is 3.60. The van der Waals surface area contributed by atoms with E-state index in [4.69, 9.17) is 4.74 Å². The lowest BCUT2D eigenvalue weighted by molar-refractivity contribution is -0.120. The number of thioether (sulfide) groups is 1. The van der Waals surface area contributed by atoms with E-state index in [1.54, 1.807) is 7.11 Å². The summed E-state index contributed by atoms with van der Waals surface area (Å²) in [7, 11) is 3.54. The second-order valence-electron chi connectivity index (χ2n) is 6.49. The van der Waals surface area contributed by atoms with Crippen molar-refractivity contribution in [3.8, 4) is 17.1 Å². The highest BCUT2D eigenvalue weighted by molar-refractivity contribution is 8.00. The molecule has 0 saturated heterocycles. The number of hydrogen-bond donors (Lipinski definition) is 1. The van der Waals surface area contributed by atoms with Gasteiger partial charge in [-0.1, -0.05) is 42.1 Å². The molecule has 3 aromatic rings. The van der Waals surface area contributed by atoms with Crippen LogP contribution in [0.5, 0.6) is 5.75 Å². The molecule has 0 aliphatic rings. The van der Waals surface area contributed by atoms with E-state index >= 15 is 0 Å². The van der Waals surface area contributed by atoms with Gasteiger partial charge in [0.2, 0.25) is 5.91 Å². The number of methoxy groups -OCH3 is 1. The number of nitrogens with one attached hydrogen (secondary N) is 1. The Hall–Kier alpha value is -2.80. The molecule has 146 valence electrons. The van der Waals surface area contributed by atoms with Crippen molar-refractivity contribution in [1.29, 1.82) is 0 Å². The van der Waals surface area contributed by atoms with Gasteiger partial charge < -0.3 is 14.6 Å². The second-order valence-corrected chi connectivity index (χ2v) is 7.80. The maximum absolute atomic E-state index is 12.6. The lowest BCUT2D eigenvalue weighted by Crippen LogP contribution is -2.33. The molecule has 0 aliphatic heterocycles. The number of ether oxygens (including phenoxy) is 1. The minimum atomic E-state index is -0.294. The molecule has 28 heavy (non-hydrogen) atoms. The van der Waals surface area contributed by atoms with Crippen LogP contribution >= 0.6 is 11.8 Å². The molecule has 1 amide bonds. The molecule has 0 radical (unpaired) electrons. The van der Waals surface area contributed by atoms with Gasteiger partial charge in [-0.25, -0.2) is 0 Å². The van der Waals surface area contributed by atoms with Gasteiger partial charge in [-0.15, -0.1) is 10.2 Å². The highest BCUT2D eigenvalue weighted by Crippen LogP contribution is 2.27. The molecule has 7 heteroatoms. The normalized spacial score (nSPS) is 13.0. The summed E-state index contributed by atoms with van der Waals surface area (Å²) in [5.74, 6) is 1.50. The highest BCUT2D eigenvalue weighted by Gasteiger charge is 2.21. The molecule has 1 heterocycles. The van der Waals surface area contributed by atoms with Gasteiger partial charge in [0.25, 0.3) is 0 Å². The standard InChI is InChI=1S/C21H24N4O2S/c1-14(16-8-6-5-7-9-16)22-20(26)15(2)28-21-24-23-19(25(21)3)17-10-12-18(27-4)13-11-17/h5-15H,1-4H3,(H,22,26). The zero-order chi connectivity index (χ0) is 20.1. The van der Waals surface area contributed by atoms with E-state index in [0.717, 1.165) is 22.7 Å². The second kappa shape index (κ2) is 8.93. The summed E-state index contributed by atoms with van der Waals surface area (Å²) in [5.41, 5.74) is 2.02. The highest BCUT2D eigenvalue weighted by atomic mass is 32.2. The number of carbonyl (C=O) groups excluding carboxylic acids is 1. The van der Waals surface area contributed by atoms with Gasteiger partial charge in [-0.2, -0.15) is 0 Å². The van der Waals surface area contributed by atoms with Crippen molar-refractivity contribution in [2.45, 2.75) is 30.3 Å². The molecule has 1 N–H and O–H groups in total. The summed E-state index contributed by atoms with van der Waals surface area (Å²) < 4.78 is 7.09. The summed E-state index contributed by atoms with van der Waals surface area (Å²) in [4.78, 5) is 12.6. The Labute approximate surface area is 169 Å². The van der Waals surface area contributed by atoms with E-state index in [1.807, 2.05) is 80.1 Å². The van der Waals surface area contributed by atoms with Gasteiger partial charge >= 0.3 is 0 Å². The zero-order valence-electron chi connectivity index (χ0n) is 16.4. The quantitative estimate of drug-likeness (QED) is 0.615. The number of rotatable bonds is 7. The predicted molar refractivity (Wildman–Crippen MR) is 111 cm³/mol. The molecule has 6 nitrogen and oxygen atoms in total. The van der Waals surface area contributed by atoms with Crippen LogP contribution in [0.1, 0.15) is 25.5 Å². The van der Waals surface area contributed by atoms with E-state index in [0.29, 0.717) is 5.16 Å². The van der Waals surface area contributed by atoms with Gasteiger partial charge in [0, 0.05) is 12.6 Å². The van der Waals surface area contributed by atoms with Crippen LogP contribution in [0, 0.1) is 0 Å². The van der Waals surface area contributed by atoms with Crippen molar-refractivity contribution in [2.75, 3.05) is 7.11 Å². The summed E-state index contributed by atoms with van der Waals surface area (Å²) in [5, 5.41) is 12.0. The smallest absolute Gasteiger partial charge is 0.233 e. The van der Waals surface area contributed by atoms with E-state index in [2.05, 4.69) is 15.5 Å². The first-order chi connectivity index (χ1) is 13.5. The third-order valence-corrected chi connectivity index (χ3v) is 5.63. The van der Waals surface area contributed by atoms with Crippen molar-refractivity contribution in [3.63, 3.8) is 0 Å². The zero-order valence-corrected chi connectivity index (χ0v) is 17.2. The molecule has 2 aromatic carbocycles. The van der Waals surface area contributed by atoms with Gasteiger partial charge in [0.15, 0.2) is 11.0 Å². The van der Waals surface area contributed by atoms with E-state index in [-0.39, 0.29) is 17.2 Å². The summed E-state index contributed by atoms with van der Waals surface area (Å²) >= 11 is 1.39. The average molecular weight is 397 g/mol. The van der Waals surface area contributed by atoms with E-state index in [9.17, 15) is 4.79 Å². The fraction of sp³-hybridized carbons (Fsp3) is 0.286. The van der Waals surface area contributed by atoms with Crippen molar-refractivity contribution in [1.82, 2.24) is 20.1 Å². The van der Waals surface area contributed by atoms with Gasteiger partial charge in [0.05, 0.1) is 18.4 Å². The van der Waals surface area contributed by atoms with Gasteiger partial charge in [-0.3, -0.25) is 4.79 Å². The Balaban J connectivity index is 1.66. The van der Waals surface area contributed by atoms with Crippen LogP contribution in [0.15, 0.2) is 59.8 Å². The topological polar surface area (TPSA) is 69.0 Å². The third kappa shape index (κ3) is 4.54. The largest absolute Gasteiger partial charge is 0.497 e. The molecule has 0 bridgehead atoms. The van der Waals surface area contributed by atoms with Crippen LogP contribution in [-0.4, -0.2) is 33.0 Å². The Bertz CT molecular complexity index is 925. The summed E-state index contributed by atoms with van der Waals surface area (Å²) in [6, 6.07) is 17.5. The van der Waals surface area contributed by atoms with Gasteiger partial charge in [0.1, 0.15) is 5.75 Å². The van der Waals surface area contributed by atoms with Crippen LogP contribution in [0.4, 0.5) is 0 Å². The van der Waals surface area contributed by atoms with Crippen LogP contribution in [0.3, 0.4) is 0 Å². The maximum Gasteiger partial charge on any atom is 0.233 e.